The van der Waals surface area contributed by atoms with Crippen LogP contribution in [0.3, 0.4) is 0 Å². The van der Waals surface area contributed by atoms with Crippen molar-refractivity contribution in [3.63, 3.8) is 0 Å². The molecule has 0 aromatic carbocycles. The molecule has 0 saturated carbocycles. The van der Waals surface area contributed by atoms with E-state index in [-0.39, 0.29) is 11.9 Å². The normalized spacial score (nSPS) is 20.1. The molecule has 8 heteroatoms. The van der Waals surface area contributed by atoms with Crippen LogP contribution in [0, 0.1) is 0 Å². The van der Waals surface area contributed by atoms with Gasteiger partial charge in [-0.3, -0.25) is 0 Å². The third-order valence-corrected chi connectivity index (χ3v) is 5.06. The van der Waals surface area contributed by atoms with Crippen LogP contribution in [0.2, 0.25) is 0 Å². The number of rotatable bonds is 5. The van der Waals surface area contributed by atoms with Crippen molar-refractivity contribution in [1.82, 2.24) is 14.3 Å². The minimum absolute atomic E-state index is 0.119. The molecule has 0 aliphatic carbocycles. The van der Waals surface area contributed by atoms with Gasteiger partial charge >= 0.3 is 0 Å². The van der Waals surface area contributed by atoms with Gasteiger partial charge in [0.2, 0.25) is 10.0 Å². The van der Waals surface area contributed by atoms with Crippen molar-refractivity contribution in [2.75, 3.05) is 37.8 Å². The van der Waals surface area contributed by atoms with Crippen molar-refractivity contribution in [1.29, 1.82) is 0 Å². The van der Waals surface area contributed by atoms with Crippen LogP contribution in [0.4, 0.5) is 5.82 Å². The molecule has 1 aromatic rings. The van der Waals surface area contributed by atoms with Crippen LogP contribution in [-0.4, -0.2) is 61.7 Å². The number of nitrogens with zero attached hydrogens (tertiary/aromatic N) is 4. The molecule has 0 amide bonds. The Labute approximate surface area is 119 Å². The highest BCUT2D eigenvalue weighted by Gasteiger charge is 2.32. The standard InChI is InChI=1S/C12H20N4O3S/c1-4-20(17,18)16-8-5-10(9-16)19-12-11(15(2)3)13-6-7-14-12/h6-7,10H,4-5,8-9H2,1-3H3. The van der Waals surface area contributed by atoms with E-state index in [1.807, 2.05) is 19.0 Å². The number of sulfonamides is 1. The second kappa shape index (κ2) is 5.92. The second-order valence-electron chi connectivity index (χ2n) is 4.87. The lowest BCUT2D eigenvalue weighted by molar-refractivity contribution is 0.207. The highest BCUT2D eigenvalue weighted by molar-refractivity contribution is 7.89. The van der Waals surface area contributed by atoms with Gasteiger partial charge in [-0.2, -0.15) is 4.31 Å². The maximum Gasteiger partial charge on any atom is 0.257 e. The first-order valence-electron chi connectivity index (χ1n) is 6.57. The van der Waals surface area contributed by atoms with Gasteiger partial charge < -0.3 is 9.64 Å². The zero-order valence-corrected chi connectivity index (χ0v) is 12.8. The lowest BCUT2D eigenvalue weighted by atomic mass is 10.3. The predicted octanol–water partition coefficient (Wildman–Crippen LogP) is 0.345. The minimum Gasteiger partial charge on any atom is -0.470 e. The average Bonchev–Trinajstić information content (AvgIpc) is 2.88. The van der Waals surface area contributed by atoms with Crippen molar-refractivity contribution in [3.05, 3.63) is 12.4 Å². The van der Waals surface area contributed by atoms with E-state index >= 15 is 0 Å². The maximum absolute atomic E-state index is 11.8. The van der Waals surface area contributed by atoms with Crippen molar-refractivity contribution < 1.29 is 13.2 Å². The first kappa shape index (κ1) is 15.0. The van der Waals surface area contributed by atoms with E-state index < -0.39 is 10.0 Å². The average molecular weight is 300 g/mol. The van der Waals surface area contributed by atoms with E-state index in [2.05, 4.69) is 9.97 Å². The van der Waals surface area contributed by atoms with Crippen LogP contribution in [0.15, 0.2) is 12.4 Å². The summed E-state index contributed by atoms with van der Waals surface area (Å²) in [6.45, 7) is 2.52. The molecule has 1 atom stereocenters. The Morgan fingerprint density at radius 2 is 2.10 bits per heavy atom. The second-order valence-corrected chi connectivity index (χ2v) is 7.12. The van der Waals surface area contributed by atoms with E-state index in [1.165, 1.54) is 4.31 Å². The van der Waals surface area contributed by atoms with Gasteiger partial charge in [0.1, 0.15) is 6.10 Å². The first-order valence-corrected chi connectivity index (χ1v) is 8.17. The lowest BCUT2D eigenvalue weighted by Crippen LogP contribution is -2.32. The van der Waals surface area contributed by atoms with Crippen molar-refractivity contribution in [2.24, 2.45) is 0 Å². The summed E-state index contributed by atoms with van der Waals surface area (Å²) < 4.78 is 30.9. The number of anilines is 1. The van der Waals surface area contributed by atoms with E-state index in [1.54, 1.807) is 19.3 Å². The van der Waals surface area contributed by atoms with E-state index in [9.17, 15) is 8.42 Å². The zero-order chi connectivity index (χ0) is 14.8. The number of hydrogen-bond donors (Lipinski definition) is 0. The molecular formula is C12H20N4O3S. The van der Waals surface area contributed by atoms with Gasteiger partial charge in [-0.1, -0.05) is 0 Å². The fourth-order valence-corrected chi connectivity index (χ4v) is 3.24. The van der Waals surface area contributed by atoms with Gasteiger partial charge in [-0.15, -0.1) is 0 Å². The van der Waals surface area contributed by atoms with Gasteiger partial charge in [0, 0.05) is 33.0 Å². The Hall–Kier alpha value is -1.41. The van der Waals surface area contributed by atoms with Gasteiger partial charge in [0.15, 0.2) is 5.82 Å². The highest BCUT2D eigenvalue weighted by Crippen LogP contribution is 2.25. The molecule has 1 unspecified atom stereocenters. The smallest absolute Gasteiger partial charge is 0.257 e. The van der Waals surface area contributed by atoms with Crippen LogP contribution in [-0.2, 0) is 10.0 Å². The molecule has 1 saturated heterocycles. The molecule has 1 aliphatic heterocycles. The van der Waals surface area contributed by atoms with Crippen LogP contribution >= 0.6 is 0 Å². The number of hydrogen-bond acceptors (Lipinski definition) is 6. The molecule has 0 N–H and O–H groups in total. The Morgan fingerprint density at radius 1 is 1.40 bits per heavy atom. The summed E-state index contributed by atoms with van der Waals surface area (Å²) in [6.07, 6.45) is 3.66. The SMILES string of the molecule is CCS(=O)(=O)N1CCC(Oc2nccnc2N(C)C)C1. The van der Waals surface area contributed by atoms with Gasteiger partial charge in [-0.25, -0.2) is 18.4 Å². The Kier molecular flexibility index (Phi) is 4.44. The molecular weight excluding hydrogens is 280 g/mol. The summed E-state index contributed by atoms with van der Waals surface area (Å²) in [5.74, 6) is 1.20. The van der Waals surface area contributed by atoms with E-state index in [4.69, 9.17) is 4.74 Å². The quantitative estimate of drug-likeness (QED) is 0.781. The van der Waals surface area contributed by atoms with Crippen molar-refractivity contribution in [3.8, 4) is 5.88 Å². The fraction of sp³-hybridized carbons (Fsp3) is 0.667. The minimum atomic E-state index is -3.14. The van der Waals surface area contributed by atoms with Crippen LogP contribution in [0.1, 0.15) is 13.3 Å². The highest BCUT2D eigenvalue weighted by atomic mass is 32.2. The van der Waals surface area contributed by atoms with E-state index in [0.717, 1.165) is 0 Å². The predicted molar refractivity (Wildman–Crippen MR) is 76.4 cm³/mol. The van der Waals surface area contributed by atoms with Crippen LogP contribution in [0.25, 0.3) is 0 Å². The molecule has 112 valence electrons. The molecule has 20 heavy (non-hydrogen) atoms. The van der Waals surface area contributed by atoms with E-state index in [0.29, 0.717) is 31.2 Å². The molecule has 0 radical (unpaired) electrons. The number of ether oxygens (including phenoxy) is 1. The summed E-state index contributed by atoms with van der Waals surface area (Å²) in [5.41, 5.74) is 0. The Bertz CT molecular complexity index is 562. The molecule has 0 bridgehead atoms. The maximum atomic E-state index is 11.8. The first-order chi connectivity index (χ1) is 9.44. The topological polar surface area (TPSA) is 75.6 Å². The largest absolute Gasteiger partial charge is 0.470 e. The summed E-state index contributed by atoms with van der Waals surface area (Å²) in [6, 6.07) is 0. The molecule has 0 spiro atoms. The molecule has 2 rings (SSSR count). The summed E-state index contributed by atoms with van der Waals surface area (Å²) in [4.78, 5) is 10.2. The Morgan fingerprint density at radius 3 is 2.75 bits per heavy atom. The molecule has 1 aromatic heterocycles. The summed E-state index contributed by atoms with van der Waals surface area (Å²) in [5, 5.41) is 0. The number of aromatic nitrogens is 2. The molecule has 2 heterocycles. The fourth-order valence-electron chi connectivity index (χ4n) is 2.09. The van der Waals surface area contributed by atoms with Crippen LogP contribution < -0.4 is 9.64 Å². The van der Waals surface area contributed by atoms with Crippen molar-refractivity contribution >= 4 is 15.8 Å². The molecule has 7 nitrogen and oxygen atoms in total. The molecule has 1 aliphatic rings. The molecule has 1 fully saturated rings. The zero-order valence-electron chi connectivity index (χ0n) is 12.0. The lowest BCUT2D eigenvalue weighted by Gasteiger charge is -2.19. The third kappa shape index (κ3) is 3.18. The third-order valence-electron chi connectivity index (χ3n) is 3.21. The summed E-state index contributed by atoms with van der Waals surface area (Å²) in [7, 11) is 0.578. The van der Waals surface area contributed by atoms with Gasteiger partial charge in [-0.05, 0) is 13.3 Å². The van der Waals surface area contributed by atoms with Gasteiger partial charge in [0.05, 0.1) is 12.3 Å². The van der Waals surface area contributed by atoms with Gasteiger partial charge in [0.25, 0.3) is 5.88 Å². The monoisotopic (exact) mass is 300 g/mol. The van der Waals surface area contributed by atoms with Crippen LogP contribution in [0.5, 0.6) is 5.88 Å². The van der Waals surface area contributed by atoms with Crippen molar-refractivity contribution in [2.45, 2.75) is 19.4 Å². The Balaban J connectivity index is 2.06. The summed E-state index contributed by atoms with van der Waals surface area (Å²) >= 11 is 0.